The predicted octanol–water partition coefficient (Wildman–Crippen LogP) is 3.40. The lowest BCUT2D eigenvalue weighted by Gasteiger charge is -2.12. The molecule has 0 saturated carbocycles. The van der Waals surface area contributed by atoms with Crippen molar-refractivity contribution in [2.24, 2.45) is 5.92 Å². The van der Waals surface area contributed by atoms with E-state index in [1.54, 1.807) is 0 Å². The van der Waals surface area contributed by atoms with E-state index in [-0.39, 0.29) is 5.92 Å². The molecule has 0 aliphatic carbocycles. The van der Waals surface area contributed by atoms with E-state index in [9.17, 15) is 0 Å². The van der Waals surface area contributed by atoms with Crippen LogP contribution in [0, 0.1) is 24.2 Å². The molecular weight excluding hydrogens is 200 g/mol. The minimum atomic E-state index is -0.0820. The summed E-state index contributed by atoms with van der Waals surface area (Å²) in [4.78, 5) is 4.27. The minimum Gasteiger partial charge on any atom is -0.441 e. The number of aryl methyl sites for hydroxylation is 1. The molecular formula is C13H14N2O. The van der Waals surface area contributed by atoms with Crippen molar-refractivity contribution in [1.29, 1.82) is 5.26 Å². The van der Waals surface area contributed by atoms with Gasteiger partial charge in [0.15, 0.2) is 11.5 Å². The van der Waals surface area contributed by atoms with Crippen LogP contribution in [0.4, 0.5) is 0 Å². The number of hydrogen-bond acceptors (Lipinski definition) is 3. The molecule has 1 heterocycles. The van der Waals surface area contributed by atoms with Crippen LogP contribution in [0.2, 0.25) is 0 Å². The molecule has 0 amide bonds. The van der Waals surface area contributed by atoms with Crippen molar-refractivity contribution < 1.29 is 4.42 Å². The molecule has 0 aliphatic rings. The molecule has 0 N–H and O–H groups in total. The predicted molar refractivity (Wildman–Crippen MR) is 61.9 cm³/mol. The van der Waals surface area contributed by atoms with Gasteiger partial charge in [-0.15, -0.1) is 0 Å². The van der Waals surface area contributed by atoms with Crippen molar-refractivity contribution in [3.8, 4) is 6.07 Å². The highest BCUT2D eigenvalue weighted by atomic mass is 16.3. The molecule has 0 saturated heterocycles. The maximum atomic E-state index is 9.13. The normalized spacial score (nSPS) is 12.9. The minimum absolute atomic E-state index is 0.0820. The van der Waals surface area contributed by atoms with E-state index in [1.807, 2.05) is 39.0 Å². The van der Waals surface area contributed by atoms with Gasteiger partial charge in [0, 0.05) is 6.92 Å². The van der Waals surface area contributed by atoms with Crippen LogP contribution in [-0.4, -0.2) is 4.98 Å². The van der Waals surface area contributed by atoms with Crippen molar-refractivity contribution in [3.05, 3.63) is 29.7 Å². The summed E-state index contributed by atoms with van der Waals surface area (Å²) >= 11 is 0. The summed E-state index contributed by atoms with van der Waals surface area (Å²) in [7, 11) is 0. The molecule has 3 heteroatoms. The van der Waals surface area contributed by atoms with E-state index in [0.29, 0.717) is 11.8 Å². The molecule has 3 nitrogen and oxygen atoms in total. The first-order chi connectivity index (χ1) is 7.61. The van der Waals surface area contributed by atoms with Crippen molar-refractivity contribution >= 4 is 11.1 Å². The topological polar surface area (TPSA) is 49.8 Å². The number of aromatic nitrogens is 1. The van der Waals surface area contributed by atoms with Gasteiger partial charge in [-0.1, -0.05) is 19.9 Å². The lowest BCUT2D eigenvalue weighted by atomic mass is 9.90. The second-order valence-electron chi connectivity index (χ2n) is 4.31. The fourth-order valence-corrected chi connectivity index (χ4v) is 1.86. The van der Waals surface area contributed by atoms with Gasteiger partial charge in [-0.05, 0) is 23.6 Å². The Kier molecular flexibility index (Phi) is 2.66. The number of hydrogen-bond donors (Lipinski definition) is 0. The van der Waals surface area contributed by atoms with Crippen molar-refractivity contribution in [3.63, 3.8) is 0 Å². The lowest BCUT2D eigenvalue weighted by Crippen LogP contribution is -2.03. The van der Waals surface area contributed by atoms with E-state index in [1.165, 1.54) is 0 Å². The van der Waals surface area contributed by atoms with Gasteiger partial charge < -0.3 is 4.42 Å². The summed E-state index contributed by atoms with van der Waals surface area (Å²) in [6.07, 6.45) is 0. The number of benzene rings is 1. The van der Waals surface area contributed by atoms with Gasteiger partial charge in [0.2, 0.25) is 0 Å². The lowest BCUT2D eigenvalue weighted by molar-refractivity contribution is 0.560. The number of nitriles is 1. The summed E-state index contributed by atoms with van der Waals surface area (Å²) in [5.41, 5.74) is 2.62. The summed E-state index contributed by atoms with van der Waals surface area (Å²) in [5.74, 6) is 0.877. The standard InChI is InChI=1S/C13H14N2O/c1-8(2)11(7-14)10-4-5-13-12(6-10)15-9(3)16-13/h4-6,8,11H,1-3H3. The Morgan fingerprint density at radius 2 is 2.12 bits per heavy atom. The van der Waals surface area contributed by atoms with E-state index in [2.05, 4.69) is 11.1 Å². The van der Waals surface area contributed by atoms with Crippen LogP contribution in [0.1, 0.15) is 31.2 Å². The first-order valence-electron chi connectivity index (χ1n) is 5.38. The molecule has 0 radical (unpaired) electrons. The molecule has 2 rings (SSSR count). The Hall–Kier alpha value is -1.82. The molecule has 1 unspecified atom stereocenters. The van der Waals surface area contributed by atoms with Gasteiger partial charge in [0.05, 0.1) is 12.0 Å². The summed E-state index contributed by atoms with van der Waals surface area (Å²) in [5, 5.41) is 9.13. The Bertz CT molecular complexity index is 549. The zero-order valence-corrected chi connectivity index (χ0v) is 9.69. The van der Waals surface area contributed by atoms with E-state index in [4.69, 9.17) is 9.68 Å². The first kappa shape index (κ1) is 10.7. The summed E-state index contributed by atoms with van der Waals surface area (Å²) in [6, 6.07) is 8.11. The van der Waals surface area contributed by atoms with Crippen LogP contribution in [0.15, 0.2) is 22.6 Å². The quantitative estimate of drug-likeness (QED) is 0.769. The van der Waals surface area contributed by atoms with Crippen LogP contribution in [0.25, 0.3) is 11.1 Å². The number of rotatable bonds is 2. The molecule has 2 aromatic rings. The average Bonchev–Trinajstić information content (AvgIpc) is 2.57. The Morgan fingerprint density at radius 3 is 2.75 bits per heavy atom. The molecule has 82 valence electrons. The van der Waals surface area contributed by atoms with E-state index >= 15 is 0 Å². The van der Waals surface area contributed by atoms with Crippen molar-refractivity contribution in [2.45, 2.75) is 26.7 Å². The highest BCUT2D eigenvalue weighted by Crippen LogP contribution is 2.26. The fraction of sp³-hybridized carbons (Fsp3) is 0.385. The SMILES string of the molecule is Cc1nc2cc(C(C#N)C(C)C)ccc2o1. The molecule has 1 aromatic carbocycles. The Morgan fingerprint density at radius 1 is 1.38 bits per heavy atom. The maximum absolute atomic E-state index is 9.13. The number of oxazole rings is 1. The maximum Gasteiger partial charge on any atom is 0.192 e. The van der Waals surface area contributed by atoms with Crippen LogP contribution in [0.5, 0.6) is 0 Å². The van der Waals surface area contributed by atoms with Gasteiger partial charge in [-0.2, -0.15) is 5.26 Å². The third kappa shape index (κ3) is 1.79. The van der Waals surface area contributed by atoms with Crippen molar-refractivity contribution in [1.82, 2.24) is 4.98 Å². The van der Waals surface area contributed by atoms with Crippen molar-refractivity contribution in [2.75, 3.05) is 0 Å². The molecule has 1 atom stereocenters. The highest BCUT2D eigenvalue weighted by Gasteiger charge is 2.16. The van der Waals surface area contributed by atoms with E-state index < -0.39 is 0 Å². The number of fused-ring (bicyclic) bond motifs is 1. The zero-order chi connectivity index (χ0) is 11.7. The second kappa shape index (κ2) is 3.97. The average molecular weight is 214 g/mol. The fourth-order valence-electron chi connectivity index (χ4n) is 1.86. The van der Waals surface area contributed by atoms with Crippen LogP contribution in [0.3, 0.4) is 0 Å². The Balaban J connectivity index is 2.50. The van der Waals surface area contributed by atoms with Gasteiger partial charge >= 0.3 is 0 Å². The molecule has 0 fully saturated rings. The second-order valence-corrected chi connectivity index (χ2v) is 4.31. The van der Waals surface area contributed by atoms with E-state index in [0.717, 1.165) is 16.7 Å². The molecule has 0 bridgehead atoms. The molecule has 0 spiro atoms. The molecule has 0 aliphatic heterocycles. The van der Waals surface area contributed by atoms with Gasteiger partial charge in [0.25, 0.3) is 0 Å². The van der Waals surface area contributed by atoms with Crippen LogP contribution >= 0.6 is 0 Å². The highest BCUT2D eigenvalue weighted by molar-refractivity contribution is 5.73. The summed E-state index contributed by atoms with van der Waals surface area (Å²) in [6.45, 7) is 5.92. The van der Waals surface area contributed by atoms with Gasteiger partial charge in [-0.25, -0.2) is 4.98 Å². The Labute approximate surface area is 94.7 Å². The largest absolute Gasteiger partial charge is 0.441 e. The monoisotopic (exact) mass is 214 g/mol. The van der Waals surface area contributed by atoms with Gasteiger partial charge in [-0.3, -0.25) is 0 Å². The van der Waals surface area contributed by atoms with Crippen LogP contribution < -0.4 is 0 Å². The smallest absolute Gasteiger partial charge is 0.192 e. The molecule has 1 aromatic heterocycles. The summed E-state index contributed by atoms with van der Waals surface area (Å²) < 4.78 is 5.40. The number of nitrogens with zero attached hydrogens (tertiary/aromatic N) is 2. The third-order valence-corrected chi connectivity index (χ3v) is 2.68. The zero-order valence-electron chi connectivity index (χ0n) is 9.69. The first-order valence-corrected chi connectivity index (χ1v) is 5.38. The van der Waals surface area contributed by atoms with Gasteiger partial charge in [0.1, 0.15) is 5.52 Å². The van der Waals surface area contributed by atoms with Crippen LogP contribution in [-0.2, 0) is 0 Å². The third-order valence-electron chi connectivity index (χ3n) is 2.68. The molecule has 16 heavy (non-hydrogen) atoms.